The predicted molar refractivity (Wildman–Crippen MR) is 43.7 cm³/mol. The van der Waals surface area contributed by atoms with Crippen LogP contribution in [0, 0.1) is 0 Å². The second-order valence-corrected chi connectivity index (χ2v) is 4.22. The average Bonchev–Trinajstić information content (AvgIpc) is 2.41. The minimum absolute atomic E-state index is 0.0994. The van der Waals surface area contributed by atoms with Crippen LogP contribution in [0.1, 0.15) is 26.2 Å². The number of hydrogen-bond donors (Lipinski definition) is 0. The SMILES string of the molecule is CCCCOC1CC1(Cl)Cl. The Hall–Kier alpha value is 0.540. The summed E-state index contributed by atoms with van der Waals surface area (Å²) >= 11 is 11.5. The van der Waals surface area contributed by atoms with Crippen molar-refractivity contribution in [1.29, 1.82) is 0 Å². The van der Waals surface area contributed by atoms with Crippen molar-refractivity contribution < 1.29 is 4.74 Å². The zero-order valence-corrected chi connectivity index (χ0v) is 7.58. The first-order valence-corrected chi connectivity index (χ1v) is 4.42. The monoisotopic (exact) mass is 182 g/mol. The van der Waals surface area contributed by atoms with E-state index in [0.29, 0.717) is 0 Å². The standard InChI is InChI=1S/C7H12Cl2O/c1-2-3-4-10-6-5-7(6,8)9/h6H,2-5H2,1H3. The van der Waals surface area contributed by atoms with E-state index in [1.807, 2.05) is 0 Å². The van der Waals surface area contributed by atoms with Crippen LogP contribution in [-0.4, -0.2) is 17.0 Å². The molecule has 1 nitrogen and oxygen atoms in total. The van der Waals surface area contributed by atoms with Crippen LogP contribution in [0.2, 0.25) is 0 Å². The fourth-order valence-corrected chi connectivity index (χ4v) is 1.15. The molecule has 1 aliphatic carbocycles. The van der Waals surface area contributed by atoms with E-state index in [4.69, 9.17) is 27.9 Å². The fraction of sp³-hybridized carbons (Fsp3) is 1.00. The van der Waals surface area contributed by atoms with Gasteiger partial charge in [0.15, 0.2) is 0 Å². The van der Waals surface area contributed by atoms with Gasteiger partial charge in [0, 0.05) is 13.0 Å². The molecular weight excluding hydrogens is 171 g/mol. The summed E-state index contributed by atoms with van der Waals surface area (Å²) in [7, 11) is 0. The number of ether oxygens (including phenoxy) is 1. The molecule has 60 valence electrons. The van der Waals surface area contributed by atoms with Gasteiger partial charge in [-0.1, -0.05) is 36.5 Å². The van der Waals surface area contributed by atoms with E-state index in [9.17, 15) is 0 Å². The van der Waals surface area contributed by atoms with Crippen LogP contribution in [0.5, 0.6) is 0 Å². The topological polar surface area (TPSA) is 9.23 Å². The van der Waals surface area contributed by atoms with Gasteiger partial charge in [0.1, 0.15) is 4.33 Å². The number of unbranched alkanes of at least 4 members (excludes halogenated alkanes) is 1. The van der Waals surface area contributed by atoms with E-state index < -0.39 is 4.33 Å². The highest BCUT2D eigenvalue weighted by atomic mass is 35.5. The normalized spacial score (nSPS) is 28.5. The summed E-state index contributed by atoms with van der Waals surface area (Å²) in [5.74, 6) is 0. The molecule has 0 spiro atoms. The van der Waals surface area contributed by atoms with Crippen LogP contribution in [0.25, 0.3) is 0 Å². The highest BCUT2D eigenvalue weighted by Crippen LogP contribution is 2.49. The molecule has 0 heterocycles. The Morgan fingerprint density at radius 2 is 2.20 bits per heavy atom. The first-order chi connectivity index (χ1) is 4.67. The first-order valence-electron chi connectivity index (χ1n) is 3.66. The molecule has 0 aromatic carbocycles. The van der Waals surface area contributed by atoms with Crippen LogP contribution in [0.3, 0.4) is 0 Å². The lowest BCUT2D eigenvalue weighted by molar-refractivity contribution is 0.115. The Morgan fingerprint density at radius 3 is 2.60 bits per heavy atom. The van der Waals surface area contributed by atoms with Crippen molar-refractivity contribution in [2.24, 2.45) is 0 Å². The van der Waals surface area contributed by atoms with Crippen LogP contribution < -0.4 is 0 Å². The molecule has 0 aromatic heterocycles. The predicted octanol–water partition coefficient (Wildman–Crippen LogP) is 2.75. The largest absolute Gasteiger partial charge is 0.375 e. The molecule has 1 atom stereocenters. The molecule has 0 amide bonds. The summed E-state index contributed by atoms with van der Waals surface area (Å²) in [6.07, 6.45) is 3.15. The molecular formula is C7H12Cl2O. The van der Waals surface area contributed by atoms with Crippen molar-refractivity contribution in [3.8, 4) is 0 Å². The third-order valence-corrected chi connectivity index (χ3v) is 2.38. The van der Waals surface area contributed by atoms with Crippen LogP contribution in [0.15, 0.2) is 0 Å². The molecule has 1 aliphatic rings. The third-order valence-electron chi connectivity index (χ3n) is 1.59. The lowest BCUT2D eigenvalue weighted by Crippen LogP contribution is -2.03. The molecule has 10 heavy (non-hydrogen) atoms. The van der Waals surface area contributed by atoms with Gasteiger partial charge in [-0.15, -0.1) is 0 Å². The van der Waals surface area contributed by atoms with E-state index in [2.05, 4.69) is 6.92 Å². The smallest absolute Gasteiger partial charge is 0.146 e. The second-order valence-electron chi connectivity index (χ2n) is 2.68. The van der Waals surface area contributed by atoms with E-state index in [1.165, 1.54) is 0 Å². The van der Waals surface area contributed by atoms with E-state index in [0.717, 1.165) is 25.9 Å². The summed E-state index contributed by atoms with van der Waals surface area (Å²) in [4.78, 5) is 0. The van der Waals surface area contributed by atoms with Crippen molar-refractivity contribution in [1.82, 2.24) is 0 Å². The minimum Gasteiger partial charge on any atom is -0.375 e. The highest BCUT2D eigenvalue weighted by molar-refractivity contribution is 6.51. The average molecular weight is 183 g/mol. The van der Waals surface area contributed by atoms with Gasteiger partial charge >= 0.3 is 0 Å². The lowest BCUT2D eigenvalue weighted by Gasteiger charge is -2.00. The number of halogens is 2. The summed E-state index contributed by atoms with van der Waals surface area (Å²) in [6, 6.07) is 0. The summed E-state index contributed by atoms with van der Waals surface area (Å²) in [5.41, 5.74) is 0. The molecule has 3 heteroatoms. The maximum Gasteiger partial charge on any atom is 0.146 e. The second kappa shape index (κ2) is 3.29. The van der Waals surface area contributed by atoms with Crippen LogP contribution in [-0.2, 0) is 4.74 Å². The van der Waals surface area contributed by atoms with Gasteiger partial charge in [0.25, 0.3) is 0 Å². The van der Waals surface area contributed by atoms with Gasteiger partial charge < -0.3 is 4.74 Å². The molecule has 0 N–H and O–H groups in total. The van der Waals surface area contributed by atoms with E-state index in [1.54, 1.807) is 0 Å². The van der Waals surface area contributed by atoms with E-state index in [-0.39, 0.29) is 6.10 Å². The lowest BCUT2D eigenvalue weighted by atomic mass is 10.4. The molecule has 0 radical (unpaired) electrons. The van der Waals surface area contributed by atoms with Gasteiger partial charge in [0.2, 0.25) is 0 Å². The van der Waals surface area contributed by atoms with Gasteiger partial charge in [-0.05, 0) is 6.42 Å². The number of alkyl halides is 2. The van der Waals surface area contributed by atoms with Gasteiger partial charge in [0.05, 0.1) is 6.10 Å². The van der Waals surface area contributed by atoms with Gasteiger partial charge in [-0.3, -0.25) is 0 Å². The maximum absolute atomic E-state index is 5.73. The zero-order chi connectivity index (χ0) is 7.61. The minimum atomic E-state index is -0.562. The molecule has 0 aliphatic heterocycles. The Balaban J connectivity index is 1.97. The van der Waals surface area contributed by atoms with E-state index >= 15 is 0 Å². The quantitative estimate of drug-likeness (QED) is 0.481. The van der Waals surface area contributed by atoms with Crippen molar-refractivity contribution in [2.75, 3.05) is 6.61 Å². The molecule has 1 saturated carbocycles. The number of hydrogen-bond acceptors (Lipinski definition) is 1. The Bertz CT molecular complexity index is 114. The van der Waals surface area contributed by atoms with Crippen LogP contribution in [0.4, 0.5) is 0 Å². The Labute approximate surface area is 71.6 Å². The van der Waals surface area contributed by atoms with Crippen molar-refractivity contribution in [2.45, 2.75) is 36.6 Å². The summed E-state index contributed by atoms with van der Waals surface area (Å²) in [5, 5.41) is 0. The zero-order valence-electron chi connectivity index (χ0n) is 6.07. The van der Waals surface area contributed by atoms with Gasteiger partial charge in [-0.2, -0.15) is 0 Å². The molecule has 0 bridgehead atoms. The molecule has 1 fully saturated rings. The third kappa shape index (κ3) is 2.30. The van der Waals surface area contributed by atoms with Crippen molar-refractivity contribution >= 4 is 23.2 Å². The molecule has 1 rings (SSSR count). The summed E-state index contributed by atoms with van der Waals surface area (Å²) < 4.78 is 4.78. The first kappa shape index (κ1) is 8.63. The van der Waals surface area contributed by atoms with Gasteiger partial charge in [-0.25, -0.2) is 0 Å². The number of rotatable bonds is 4. The Morgan fingerprint density at radius 1 is 1.60 bits per heavy atom. The summed E-state index contributed by atoms with van der Waals surface area (Å²) in [6.45, 7) is 2.92. The van der Waals surface area contributed by atoms with Crippen molar-refractivity contribution in [3.05, 3.63) is 0 Å². The maximum atomic E-state index is 5.73. The molecule has 1 unspecified atom stereocenters. The molecule has 0 saturated heterocycles. The Kier molecular flexibility index (Phi) is 2.84. The highest BCUT2D eigenvalue weighted by Gasteiger charge is 2.52. The molecule has 0 aromatic rings. The fourth-order valence-electron chi connectivity index (χ4n) is 0.739. The van der Waals surface area contributed by atoms with Crippen molar-refractivity contribution in [3.63, 3.8) is 0 Å². The van der Waals surface area contributed by atoms with Crippen LogP contribution >= 0.6 is 23.2 Å².